The van der Waals surface area contributed by atoms with Gasteiger partial charge in [0.15, 0.2) is 4.34 Å². The van der Waals surface area contributed by atoms with E-state index in [9.17, 15) is 4.79 Å². The number of amides is 1. The highest BCUT2D eigenvalue weighted by Gasteiger charge is 2.11. The average molecular weight is 314 g/mol. The highest BCUT2D eigenvalue weighted by Crippen LogP contribution is 2.20. The van der Waals surface area contributed by atoms with Gasteiger partial charge in [0.2, 0.25) is 5.91 Å². The highest BCUT2D eigenvalue weighted by atomic mass is 35.5. The van der Waals surface area contributed by atoms with Crippen LogP contribution in [0.5, 0.6) is 0 Å². The molecule has 1 N–H and O–H groups in total. The molecular formula is C12H12ClN3OS2. The zero-order chi connectivity index (χ0) is 13.7. The Kier molecular flexibility index (Phi) is 5.18. The molecule has 0 saturated heterocycles. The van der Waals surface area contributed by atoms with Crippen LogP contribution in [-0.4, -0.2) is 21.9 Å². The van der Waals surface area contributed by atoms with Crippen LogP contribution in [-0.2, 0) is 4.79 Å². The van der Waals surface area contributed by atoms with Gasteiger partial charge in [-0.3, -0.25) is 4.79 Å². The summed E-state index contributed by atoms with van der Waals surface area (Å²) in [6.07, 6.45) is 0. The van der Waals surface area contributed by atoms with E-state index in [1.807, 2.05) is 31.2 Å². The van der Waals surface area contributed by atoms with E-state index in [1.54, 1.807) is 5.51 Å². The van der Waals surface area contributed by atoms with Crippen molar-refractivity contribution >= 4 is 40.6 Å². The number of aromatic nitrogens is 2. The molecule has 0 saturated carbocycles. The molecule has 0 aliphatic carbocycles. The van der Waals surface area contributed by atoms with Crippen LogP contribution in [0.4, 0.5) is 0 Å². The van der Waals surface area contributed by atoms with Gasteiger partial charge >= 0.3 is 0 Å². The molecule has 1 aromatic heterocycles. The Hall–Kier alpha value is -1.11. The zero-order valence-corrected chi connectivity index (χ0v) is 12.6. The van der Waals surface area contributed by atoms with Gasteiger partial charge in [0, 0.05) is 5.02 Å². The van der Waals surface area contributed by atoms with Crippen LogP contribution in [0.3, 0.4) is 0 Å². The standard InChI is InChI=1S/C12H12ClN3OS2/c1-8(9-3-2-4-10(13)5-9)15-11(17)6-18-12-16-14-7-19-12/h2-5,7-8H,6H2,1H3,(H,15,17). The molecule has 100 valence electrons. The first-order chi connectivity index (χ1) is 9.15. The Morgan fingerprint density at radius 3 is 3.11 bits per heavy atom. The molecule has 1 unspecified atom stereocenters. The molecule has 4 nitrogen and oxygen atoms in total. The molecule has 0 fully saturated rings. The minimum atomic E-state index is -0.0683. The lowest BCUT2D eigenvalue weighted by molar-refractivity contribution is -0.119. The molecule has 19 heavy (non-hydrogen) atoms. The normalized spacial score (nSPS) is 12.1. The second kappa shape index (κ2) is 6.88. The molecule has 1 amide bonds. The average Bonchev–Trinajstić information content (AvgIpc) is 2.89. The van der Waals surface area contributed by atoms with E-state index < -0.39 is 0 Å². The Morgan fingerprint density at radius 1 is 1.58 bits per heavy atom. The SMILES string of the molecule is CC(NC(=O)CSc1nncs1)c1cccc(Cl)c1. The first kappa shape index (κ1) is 14.3. The van der Waals surface area contributed by atoms with Crippen molar-refractivity contribution in [1.82, 2.24) is 15.5 Å². The minimum absolute atomic E-state index is 0.0346. The van der Waals surface area contributed by atoms with E-state index in [1.165, 1.54) is 23.1 Å². The summed E-state index contributed by atoms with van der Waals surface area (Å²) in [5.41, 5.74) is 2.64. The fourth-order valence-electron chi connectivity index (χ4n) is 1.50. The lowest BCUT2D eigenvalue weighted by Gasteiger charge is -2.14. The van der Waals surface area contributed by atoms with Crippen LogP contribution in [0.1, 0.15) is 18.5 Å². The number of carbonyl (C=O) groups excluding carboxylic acids is 1. The lowest BCUT2D eigenvalue weighted by Crippen LogP contribution is -2.28. The van der Waals surface area contributed by atoms with Crippen molar-refractivity contribution < 1.29 is 4.79 Å². The number of nitrogens with zero attached hydrogens (tertiary/aromatic N) is 2. The van der Waals surface area contributed by atoms with Crippen LogP contribution >= 0.6 is 34.7 Å². The summed E-state index contributed by atoms with van der Waals surface area (Å²) in [5.74, 6) is 0.299. The Labute approximate surface area is 124 Å². The van der Waals surface area contributed by atoms with Gasteiger partial charge in [-0.25, -0.2) is 0 Å². The van der Waals surface area contributed by atoms with E-state index >= 15 is 0 Å². The molecule has 0 spiro atoms. The molecule has 0 aliphatic rings. The molecule has 7 heteroatoms. The molecule has 2 aromatic rings. The number of rotatable bonds is 5. The molecule has 1 heterocycles. The fraction of sp³-hybridized carbons (Fsp3) is 0.250. The number of carbonyl (C=O) groups is 1. The molecule has 1 atom stereocenters. The predicted octanol–water partition coefficient (Wildman–Crippen LogP) is 3.16. The van der Waals surface area contributed by atoms with Gasteiger partial charge in [0.05, 0.1) is 11.8 Å². The lowest BCUT2D eigenvalue weighted by atomic mass is 10.1. The first-order valence-corrected chi connectivity index (χ1v) is 7.83. The summed E-state index contributed by atoms with van der Waals surface area (Å²) in [5, 5.41) is 11.2. The molecular weight excluding hydrogens is 302 g/mol. The second-order valence-electron chi connectivity index (χ2n) is 3.84. The molecule has 1 aromatic carbocycles. The number of hydrogen-bond acceptors (Lipinski definition) is 5. The van der Waals surface area contributed by atoms with E-state index in [2.05, 4.69) is 15.5 Å². The van der Waals surface area contributed by atoms with Crippen LogP contribution in [0.15, 0.2) is 34.1 Å². The largest absolute Gasteiger partial charge is 0.349 e. The van der Waals surface area contributed by atoms with Crippen LogP contribution in [0.25, 0.3) is 0 Å². The van der Waals surface area contributed by atoms with Gasteiger partial charge in [0.25, 0.3) is 0 Å². The predicted molar refractivity (Wildman–Crippen MR) is 78.6 cm³/mol. The van der Waals surface area contributed by atoms with Gasteiger partial charge in [0.1, 0.15) is 5.51 Å². The summed E-state index contributed by atoms with van der Waals surface area (Å²) in [7, 11) is 0. The van der Waals surface area contributed by atoms with Crippen molar-refractivity contribution in [3.8, 4) is 0 Å². The number of hydrogen-bond donors (Lipinski definition) is 1. The topological polar surface area (TPSA) is 54.9 Å². The highest BCUT2D eigenvalue weighted by molar-refractivity contribution is 8.01. The summed E-state index contributed by atoms with van der Waals surface area (Å²) in [6.45, 7) is 1.93. The van der Waals surface area contributed by atoms with Crippen molar-refractivity contribution in [2.75, 3.05) is 5.75 Å². The van der Waals surface area contributed by atoms with Crippen molar-refractivity contribution in [2.24, 2.45) is 0 Å². The van der Waals surface area contributed by atoms with Gasteiger partial charge in [-0.05, 0) is 24.6 Å². The van der Waals surface area contributed by atoms with Gasteiger partial charge in [-0.1, -0.05) is 46.8 Å². The number of nitrogens with one attached hydrogen (secondary N) is 1. The number of halogens is 1. The third-order valence-electron chi connectivity index (χ3n) is 2.39. The maximum Gasteiger partial charge on any atom is 0.230 e. The Bertz CT molecular complexity index is 548. The fourth-order valence-corrected chi connectivity index (χ4v) is 2.99. The summed E-state index contributed by atoms with van der Waals surface area (Å²) >= 11 is 8.73. The maximum atomic E-state index is 11.8. The van der Waals surface area contributed by atoms with Crippen LogP contribution in [0, 0.1) is 0 Å². The van der Waals surface area contributed by atoms with Crippen molar-refractivity contribution in [1.29, 1.82) is 0 Å². The molecule has 0 radical (unpaired) electrons. The molecule has 0 aliphatic heterocycles. The van der Waals surface area contributed by atoms with Gasteiger partial charge in [-0.2, -0.15) is 0 Å². The molecule has 2 rings (SSSR count). The number of thioether (sulfide) groups is 1. The van der Waals surface area contributed by atoms with Crippen molar-refractivity contribution in [2.45, 2.75) is 17.3 Å². The maximum absolute atomic E-state index is 11.8. The van der Waals surface area contributed by atoms with Crippen molar-refractivity contribution in [3.05, 3.63) is 40.4 Å². The Morgan fingerprint density at radius 2 is 2.42 bits per heavy atom. The third kappa shape index (κ3) is 4.49. The second-order valence-corrected chi connectivity index (χ2v) is 6.33. The third-order valence-corrected chi connectivity index (χ3v) is 4.49. The summed E-state index contributed by atoms with van der Waals surface area (Å²) in [6, 6.07) is 7.40. The van der Waals surface area contributed by atoms with Crippen LogP contribution < -0.4 is 5.32 Å². The summed E-state index contributed by atoms with van der Waals surface area (Å²) in [4.78, 5) is 11.8. The van der Waals surface area contributed by atoms with E-state index in [0.29, 0.717) is 10.8 Å². The van der Waals surface area contributed by atoms with E-state index in [0.717, 1.165) is 9.90 Å². The Balaban J connectivity index is 1.84. The monoisotopic (exact) mass is 313 g/mol. The van der Waals surface area contributed by atoms with Gasteiger partial charge < -0.3 is 5.32 Å². The quantitative estimate of drug-likeness (QED) is 0.862. The van der Waals surface area contributed by atoms with E-state index in [4.69, 9.17) is 11.6 Å². The van der Waals surface area contributed by atoms with Crippen molar-refractivity contribution in [3.63, 3.8) is 0 Å². The zero-order valence-electron chi connectivity index (χ0n) is 10.2. The number of benzene rings is 1. The van der Waals surface area contributed by atoms with E-state index in [-0.39, 0.29) is 11.9 Å². The minimum Gasteiger partial charge on any atom is -0.349 e. The van der Waals surface area contributed by atoms with Crippen LogP contribution in [0.2, 0.25) is 5.02 Å². The smallest absolute Gasteiger partial charge is 0.230 e. The first-order valence-electron chi connectivity index (χ1n) is 5.59. The van der Waals surface area contributed by atoms with Gasteiger partial charge in [-0.15, -0.1) is 10.2 Å². The summed E-state index contributed by atoms with van der Waals surface area (Å²) < 4.78 is 0.797. The molecule has 0 bridgehead atoms.